The van der Waals surface area contributed by atoms with Gasteiger partial charge in [-0.05, 0) is 30.5 Å². The van der Waals surface area contributed by atoms with Gasteiger partial charge in [0.05, 0.1) is 9.80 Å². The lowest BCUT2D eigenvalue weighted by Crippen LogP contribution is -2.27. The molecule has 0 amide bonds. The van der Waals surface area contributed by atoms with E-state index in [-0.39, 0.29) is 12.0 Å². The van der Waals surface area contributed by atoms with Crippen LogP contribution in [0.4, 0.5) is 0 Å². The Labute approximate surface area is 148 Å². The molecule has 25 heavy (non-hydrogen) atoms. The molecule has 0 aromatic heterocycles. The van der Waals surface area contributed by atoms with Crippen molar-refractivity contribution in [2.45, 2.75) is 23.8 Å². The van der Waals surface area contributed by atoms with Crippen LogP contribution in [0.15, 0.2) is 76.2 Å². The number of hydrogen-bond acceptors (Lipinski definition) is 4. The van der Waals surface area contributed by atoms with E-state index in [1.165, 1.54) is 5.56 Å². The van der Waals surface area contributed by atoms with Gasteiger partial charge in [-0.2, -0.15) is 0 Å². The Hall–Kier alpha value is -2.11. The average Bonchev–Trinajstić information content (AvgIpc) is 2.97. The molecule has 1 aliphatic carbocycles. The smallest absolute Gasteiger partial charge is 0.204 e. The fourth-order valence-corrected chi connectivity index (χ4v) is 5.63. The molecule has 2 aromatic carbocycles. The van der Waals surface area contributed by atoms with Crippen LogP contribution in [0.25, 0.3) is 0 Å². The first-order chi connectivity index (χ1) is 12.2. The van der Waals surface area contributed by atoms with Crippen LogP contribution in [-0.4, -0.2) is 21.5 Å². The van der Waals surface area contributed by atoms with E-state index in [0.717, 1.165) is 25.2 Å². The Kier molecular flexibility index (Phi) is 4.36. The number of allylic oxidation sites excluding steroid dienone is 1. The molecule has 0 bridgehead atoms. The lowest BCUT2D eigenvalue weighted by atomic mass is 9.91. The second-order valence-electron chi connectivity index (χ2n) is 6.57. The molecule has 0 saturated carbocycles. The van der Waals surface area contributed by atoms with Gasteiger partial charge in [0.15, 0.2) is 0 Å². The molecule has 0 radical (unpaired) electrons. The molecule has 4 rings (SSSR count). The third-order valence-electron chi connectivity index (χ3n) is 5.10. The Balaban J connectivity index is 1.76. The SMILES string of the molecule is O=S(=O)(C1=C2NCCN[C@@H](c3ccccc3)[C@H]2CC1)c1ccccc1. The molecule has 4 nitrogen and oxygen atoms in total. The molecule has 2 N–H and O–H groups in total. The first kappa shape index (κ1) is 16.4. The predicted molar refractivity (Wildman–Crippen MR) is 98.6 cm³/mol. The van der Waals surface area contributed by atoms with Crippen LogP contribution >= 0.6 is 0 Å². The van der Waals surface area contributed by atoms with Crippen LogP contribution in [0.3, 0.4) is 0 Å². The van der Waals surface area contributed by atoms with Gasteiger partial charge in [0.25, 0.3) is 0 Å². The Morgan fingerprint density at radius 2 is 1.56 bits per heavy atom. The van der Waals surface area contributed by atoms with Gasteiger partial charge in [-0.15, -0.1) is 0 Å². The topological polar surface area (TPSA) is 58.2 Å². The summed E-state index contributed by atoms with van der Waals surface area (Å²) in [5.74, 6) is 0.165. The number of benzene rings is 2. The Morgan fingerprint density at radius 1 is 0.880 bits per heavy atom. The maximum absolute atomic E-state index is 13.1. The standard InChI is InChI=1S/C20H22N2O2S/c23-25(24,16-9-5-2-6-10-16)18-12-11-17-19(15-7-3-1-4-8-15)21-13-14-22-20(17)18/h1-10,17,19,21-22H,11-14H2/t17-,19+/m1/s1. The number of rotatable bonds is 3. The number of sulfone groups is 1. The van der Waals surface area contributed by atoms with Crippen molar-refractivity contribution >= 4 is 9.84 Å². The average molecular weight is 354 g/mol. The fourth-order valence-electron chi connectivity index (χ4n) is 3.93. The van der Waals surface area contributed by atoms with Crippen LogP contribution in [0, 0.1) is 5.92 Å². The molecule has 130 valence electrons. The van der Waals surface area contributed by atoms with E-state index in [2.05, 4.69) is 22.8 Å². The molecule has 1 aliphatic heterocycles. The third-order valence-corrected chi connectivity index (χ3v) is 7.06. The molecule has 0 unspecified atom stereocenters. The van der Waals surface area contributed by atoms with E-state index in [9.17, 15) is 8.42 Å². The number of hydrogen-bond donors (Lipinski definition) is 2. The van der Waals surface area contributed by atoms with E-state index < -0.39 is 9.84 Å². The summed E-state index contributed by atoms with van der Waals surface area (Å²) in [6, 6.07) is 19.2. The molecule has 1 heterocycles. The zero-order chi connectivity index (χ0) is 17.3. The highest BCUT2D eigenvalue weighted by atomic mass is 32.2. The summed E-state index contributed by atoms with van der Waals surface area (Å²) in [4.78, 5) is 0.946. The second-order valence-corrected chi connectivity index (χ2v) is 8.54. The lowest BCUT2D eigenvalue weighted by Gasteiger charge is -2.24. The minimum Gasteiger partial charge on any atom is -0.386 e. The molecule has 2 aromatic rings. The van der Waals surface area contributed by atoms with E-state index in [1.54, 1.807) is 24.3 Å². The van der Waals surface area contributed by atoms with Crippen LogP contribution in [0.5, 0.6) is 0 Å². The van der Waals surface area contributed by atoms with Crippen LogP contribution in [0.2, 0.25) is 0 Å². The van der Waals surface area contributed by atoms with E-state index in [1.807, 2.05) is 24.3 Å². The largest absolute Gasteiger partial charge is 0.386 e. The van der Waals surface area contributed by atoms with Crippen molar-refractivity contribution in [1.29, 1.82) is 0 Å². The van der Waals surface area contributed by atoms with Crippen LogP contribution < -0.4 is 10.6 Å². The van der Waals surface area contributed by atoms with Crippen molar-refractivity contribution in [2.24, 2.45) is 5.92 Å². The van der Waals surface area contributed by atoms with Gasteiger partial charge in [0.1, 0.15) is 0 Å². The second kappa shape index (κ2) is 6.65. The minimum atomic E-state index is -3.44. The third kappa shape index (κ3) is 2.98. The van der Waals surface area contributed by atoms with Crippen LogP contribution in [-0.2, 0) is 9.84 Å². The highest BCUT2D eigenvalue weighted by Gasteiger charge is 2.39. The predicted octanol–water partition coefficient (Wildman–Crippen LogP) is 3.02. The fraction of sp³-hybridized carbons (Fsp3) is 0.300. The molecule has 2 atom stereocenters. The van der Waals surface area contributed by atoms with Crippen molar-refractivity contribution in [1.82, 2.24) is 10.6 Å². The van der Waals surface area contributed by atoms with Gasteiger partial charge in [-0.25, -0.2) is 8.42 Å². The summed E-state index contributed by atoms with van der Waals surface area (Å²) in [7, 11) is -3.44. The quantitative estimate of drug-likeness (QED) is 0.890. The highest BCUT2D eigenvalue weighted by molar-refractivity contribution is 7.95. The number of fused-ring (bicyclic) bond motifs is 1. The Morgan fingerprint density at radius 3 is 2.28 bits per heavy atom. The van der Waals surface area contributed by atoms with Crippen molar-refractivity contribution in [2.75, 3.05) is 13.1 Å². The summed E-state index contributed by atoms with van der Waals surface area (Å²) in [5, 5.41) is 7.00. The maximum Gasteiger partial charge on any atom is 0.204 e. The first-order valence-electron chi connectivity index (χ1n) is 8.73. The van der Waals surface area contributed by atoms with Crippen molar-refractivity contribution in [3.8, 4) is 0 Å². The maximum atomic E-state index is 13.1. The summed E-state index contributed by atoms with van der Waals surface area (Å²) in [6.45, 7) is 1.56. The van der Waals surface area contributed by atoms with Gasteiger partial charge in [0, 0.05) is 30.7 Å². The lowest BCUT2D eigenvalue weighted by molar-refractivity contribution is 0.422. The summed E-state index contributed by atoms with van der Waals surface area (Å²) in [5.41, 5.74) is 2.12. The van der Waals surface area contributed by atoms with Crippen molar-refractivity contribution in [3.63, 3.8) is 0 Å². The molecular formula is C20H22N2O2S. The minimum absolute atomic E-state index is 0.148. The van der Waals surface area contributed by atoms with Crippen LogP contribution in [0.1, 0.15) is 24.4 Å². The van der Waals surface area contributed by atoms with Crippen molar-refractivity contribution < 1.29 is 8.42 Å². The molecule has 0 spiro atoms. The molecule has 5 heteroatoms. The van der Waals surface area contributed by atoms with Crippen molar-refractivity contribution in [3.05, 3.63) is 76.8 Å². The van der Waals surface area contributed by atoms with Gasteiger partial charge in [-0.3, -0.25) is 0 Å². The molecule has 1 saturated heterocycles. The summed E-state index contributed by atoms with van der Waals surface area (Å²) in [6.07, 6.45) is 1.44. The zero-order valence-corrected chi connectivity index (χ0v) is 14.8. The Bertz CT molecular complexity index is 876. The molecular weight excluding hydrogens is 332 g/mol. The first-order valence-corrected chi connectivity index (χ1v) is 10.2. The van der Waals surface area contributed by atoms with E-state index in [0.29, 0.717) is 16.2 Å². The summed E-state index contributed by atoms with van der Waals surface area (Å²) < 4.78 is 26.3. The monoisotopic (exact) mass is 354 g/mol. The highest BCUT2D eigenvalue weighted by Crippen LogP contribution is 2.43. The van der Waals surface area contributed by atoms with E-state index >= 15 is 0 Å². The van der Waals surface area contributed by atoms with E-state index in [4.69, 9.17) is 0 Å². The van der Waals surface area contributed by atoms with Gasteiger partial charge < -0.3 is 10.6 Å². The van der Waals surface area contributed by atoms with Gasteiger partial charge in [0.2, 0.25) is 9.84 Å². The summed E-state index contributed by atoms with van der Waals surface area (Å²) >= 11 is 0. The molecule has 2 aliphatic rings. The van der Waals surface area contributed by atoms with Gasteiger partial charge >= 0.3 is 0 Å². The normalized spacial score (nSPS) is 23.7. The van der Waals surface area contributed by atoms with Gasteiger partial charge in [-0.1, -0.05) is 48.5 Å². The number of nitrogens with one attached hydrogen (secondary N) is 2. The zero-order valence-electron chi connectivity index (χ0n) is 14.0. The molecule has 1 fully saturated rings.